The third-order valence-corrected chi connectivity index (χ3v) is 6.92. The van der Waals surface area contributed by atoms with E-state index in [1.165, 1.54) is 21.9 Å². The van der Waals surface area contributed by atoms with Crippen LogP contribution in [0.2, 0.25) is 0 Å². The molecule has 0 bridgehead atoms. The van der Waals surface area contributed by atoms with Crippen LogP contribution in [0, 0.1) is 5.92 Å². The van der Waals surface area contributed by atoms with Crippen LogP contribution in [0.25, 0.3) is 10.8 Å². The summed E-state index contributed by atoms with van der Waals surface area (Å²) >= 11 is 0. The monoisotopic (exact) mass is 479 g/mol. The van der Waals surface area contributed by atoms with E-state index in [9.17, 15) is 4.79 Å². The number of carbonyl (C=O) groups is 1. The number of hydrogen-bond acceptors (Lipinski definition) is 4. The summed E-state index contributed by atoms with van der Waals surface area (Å²) < 4.78 is 6.12. The smallest absolute Gasteiger partial charge is 0.253 e. The Kier molecular flexibility index (Phi) is 7.58. The van der Waals surface area contributed by atoms with Crippen molar-refractivity contribution >= 4 is 16.7 Å². The maximum atomic E-state index is 12.8. The highest BCUT2D eigenvalue weighted by molar-refractivity contribution is 5.94. The summed E-state index contributed by atoms with van der Waals surface area (Å²) in [5.41, 5.74) is 3.31. The van der Waals surface area contributed by atoms with Crippen molar-refractivity contribution in [3.05, 3.63) is 108 Å². The second-order valence-corrected chi connectivity index (χ2v) is 9.76. The molecular formula is C31H33N3O2. The molecule has 1 aromatic heterocycles. The SMILES string of the molecule is CN(Cc1ccc(OCC2CCCN(C(=O)c3ccncc3)C2)cc1)Cc1cccc2ccccc12. The van der Waals surface area contributed by atoms with Gasteiger partial charge in [-0.15, -0.1) is 0 Å². The molecule has 5 nitrogen and oxygen atoms in total. The molecule has 36 heavy (non-hydrogen) atoms. The number of aromatic nitrogens is 1. The first-order valence-corrected chi connectivity index (χ1v) is 12.7. The molecular weight excluding hydrogens is 446 g/mol. The minimum atomic E-state index is 0.0825. The Hall–Kier alpha value is -3.70. The number of carbonyl (C=O) groups excluding carboxylic acids is 1. The Morgan fingerprint density at radius 3 is 2.58 bits per heavy atom. The van der Waals surface area contributed by atoms with Crippen molar-refractivity contribution in [2.45, 2.75) is 25.9 Å². The summed E-state index contributed by atoms with van der Waals surface area (Å²) in [6.45, 7) is 3.94. The number of nitrogens with zero attached hydrogens (tertiary/aromatic N) is 3. The van der Waals surface area contributed by atoms with E-state index in [0.29, 0.717) is 18.1 Å². The number of amides is 1. The second-order valence-electron chi connectivity index (χ2n) is 9.76. The van der Waals surface area contributed by atoms with Crippen molar-refractivity contribution < 1.29 is 9.53 Å². The number of likely N-dealkylation sites (tertiary alicyclic amines) is 1. The van der Waals surface area contributed by atoms with Crippen LogP contribution in [0.1, 0.15) is 34.3 Å². The van der Waals surface area contributed by atoms with Crippen LogP contribution < -0.4 is 4.74 Å². The minimum absolute atomic E-state index is 0.0825. The maximum Gasteiger partial charge on any atom is 0.253 e. The Morgan fingerprint density at radius 2 is 1.75 bits per heavy atom. The average molecular weight is 480 g/mol. The quantitative estimate of drug-likeness (QED) is 0.321. The third-order valence-electron chi connectivity index (χ3n) is 6.92. The van der Waals surface area contributed by atoms with Crippen molar-refractivity contribution in [1.82, 2.24) is 14.8 Å². The first kappa shape index (κ1) is 24.0. The molecule has 1 atom stereocenters. The third kappa shape index (κ3) is 5.92. The molecule has 184 valence electrons. The highest BCUT2D eigenvalue weighted by Crippen LogP contribution is 2.23. The second kappa shape index (κ2) is 11.4. The normalized spacial score (nSPS) is 15.8. The largest absolute Gasteiger partial charge is 0.493 e. The molecule has 1 saturated heterocycles. The molecule has 1 aliphatic rings. The van der Waals surface area contributed by atoms with Gasteiger partial charge in [0.1, 0.15) is 5.75 Å². The summed E-state index contributed by atoms with van der Waals surface area (Å²) in [6, 6.07) is 27.1. The van der Waals surface area contributed by atoms with Gasteiger partial charge in [0, 0.05) is 50.1 Å². The van der Waals surface area contributed by atoms with Crippen molar-refractivity contribution in [3.8, 4) is 5.75 Å². The Labute approximate surface area is 213 Å². The van der Waals surface area contributed by atoms with E-state index in [0.717, 1.165) is 44.8 Å². The van der Waals surface area contributed by atoms with Crippen LogP contribution in [0.4, 0.5) is 0 Å². The summed E-state index contributed by atoms with van der Waals surface area (Å²) in [7, 11) is 2.16. The number of fused-ring (bicyclic) bond motifs is 1. The predicted molar refractivity (Wildman–Crippen MR) is 144 cm³/mol. The van der Waals surface area contributed by atoms with Gasteiger partial charge in [0.05, 0.1) is 6.61 Å². The highest BCUT2D eigenvalue weighted by atomic mass is 16.5. The van der Waals surface area contributed by atoms with E-state index < -0.39 is 0 Å². The summed E-state index contributed by atoms with van der Waals surface area (Å²) in [5.74, 6) is 1.31. The van der Waals surface area contributed by atoms with E-state index in [-0.39, 0.29) is 5.91 Å². The molecule has 1 fully saturated rings. The number of piperidine rings is 1. The number of hydrogen-bond donors (Lipinski definition) is 0. The Balaban J connectivity index is 1.12. The fraction of sp³-hybridized carbons (Fsp3) is 0.290. The molecule has 0 spiro atoms. The van der Waals surface area contributed by atoms with Crippen LogP contribution in [-0.2, 0) is 13.1 Å². The standard InChI is InChI=1S/C31H33N3O2/c1-33(22-28-9-4-8-26-7-2-3-10-30(26)28)20-24-11-13-29(14-12-24)36-23-25-6-5-19-34(21-25)31(35)27-15-17-32-18-16-27/h2-4,7-18,25H,5-6,19-23H2,1H3. The fourth-order valence-electron chi connectivity index (χ4n) is 5.06. The minimum Gasteiger partial charge on any atom is -0.493 e. The summed E-state index contributed by atoms with van der Waals surface area (Å²) in [5, 5.41) is 2.60. The lowest BCUT2D eigenvalue weighted by Gasteiger charge is -2.32. The molecule has 0 N–H and O–H groups in total. The average Bonchev–Trinajstić information content (AvgIpc) is 2.93. The van der Waals surface area contributed by atoms with Gasteiger partial charge in [-0.2, -0.15) is 0 Å². The van der Waals surface area contributed by atoms with Gasteiger partial charge in [-0.3, -0.25) is 14.7 Å². The Morgan fingerprint density at radius 1 is 0.972 bits per heavy atom. The molecule has 5 rings (SSSR count). The van der Waals surface area contributed by atoms with Gasteiger partial charge in [-0.1, -0.05) is 54.6 Å². The lowest BCUT2D eigenvalue weighted by atomic mass is 9.98. The van der Waals surface area contributed by atoms with Crippen molar-refractivity contribution in [3.63, 3.8) is 0 Å². The molecule has 0 radical (unpaired) electrons. The molecule has 2 heterocycles. The summed E-state index contributed by atoms with van der Waals surface area (Å²) in [6.07, 6.45) is 5.43. The van der Waals surface area contributed by atoms with Gasteiger partial charge in [0.15, 0.2) is 0 Å². The van der Waals surface area contributed by atoms with Gasteiger partial charge >= 0.3 is 0 Å². The lowest BCUT2D eigenvalue weighted by molar-refractivity contribution is 0.0633. The lowest BCUT2D eigenvalue weighted by Crippen LogP contribution is -2.41. The molecule has 1 unspecified atom stereocenters. The molecule has 5 heteroatoms. The van der Waals surface area contributed by atoms with E-state index in [1.807, 2.05) is 4.90 Å². The van der Waals surface area contributed by atoms with E-state index in [1.54, 1.807) is 24.5 Å². The van der Waals surface area contributed by atoms with Crippen molar-refractivity contribution in [2.75, 3.05) is 26.7 Å². The highest BCUT2D eigenvalue weighted by Gasteiger charge is 2.25. The molecule has 0 aliphatic carbocycles. The zero-order valence-corrected chi connectivity index (χ0v) is 20.8. The van der Waals surface area contributed by atoms with Crippen LogP contribution in [-0.4, -0.2) is 47.4 Å². The van der Waals surface area contributed by atoms with Crippen LogP contribution >= 0.6 is 0 Å². The van der Waals surface area contributed by atoms with Gasteiger partial charge in [-0.25, -0.2) is 0 Å². The first-order chi connectivity index (χ1) is 17.7. The number of ether oxygens (including phenoxy) is 1. The molecule has 3 aromatic carbocycles. The van der Waals surface area contributed by atoms with Gasteiger partial charge in [0.2, 0.25) is 0 Å². The zero-order chi connectivity index (χ0) is 24.7. The predicted octanol–water partition coefficient (Wildman–Crippen LogP) is 5.80. The number of benzene rings is 3. The number of rotatable bonds is 8. The summed E-state index contributed by atoms with van der Waals surface area (Å²) in [4.78, 5) is 21.1. The van der Waals surface area contributed by atoms with E-state index >= 15 is 0 Å². The van der Waals surface area contributed by atoms with Crippen LogP contribution in [0.3, 0.4) is 0 Å². The van der Waals surface area contributed by atoms with Crippen LogP contribution in [0.15, 0.2) is 91.3 Å². The maximum absolute atomic E-state index is 12.8. The van der Waals surface area contributed by atoms with Crippen molar-refractivity contribution in [2.24, 2.45) is 5.92 Å². The van der Waals surface area contributed by atoms with E-state index in [2.05, 4.69) is 83.7 Å². The van der Waals surface area contributed by atoms with Gasteiger partial charge < -0.3 is 9.64 Å². The first-order valence-electron chi connectivity index (χ1n) is 12.7. The zero-order valence-electron chi connectivity index (χ0n) is 20.8. The van der Waals surface area contributed by atoms with E-state index in [4.69, 9.17) is 4.74 Å². The Bertz CT molecular complexity index is 1280. The number of pyridine rings is 1. The molecule has 4 aromatic rings. The topological polar surface area (TPSA) is 45.7 Å². The molecule has 1 aliphatic heterocycles. The van der Waals surface area contributed by atoms with Crippen LogP contribution in [0.5, 0.6) is 5.75 Å². The van der Waals surface area contributed by atoms with Gasteiger partial charge in [0.25, 0.3) is 5.91 Å². The molecule has 0 saturated carbocycles. The van der Waals surface area contributed by atoms with Crippen molar-refractivity contribution in [1.29, 1.82) is 0 Å². The van der Waals surface area contributed by atoms with Gasteiger partial charge in [-0.05, 0) is 66.1 Å². The molecule has 1 amide bonds. The fourth-order valence-corrected chi connectivity index (χ4v) is 5.06.